The molecule has 0 bridgehead atoms. The van der Waals surface area contributed by atoms with Crippen LogP contribution in [0.5, 0.6) is 0 Å². The average molecular weight is 291 g/mol. The minimum atomic E-state index is -0.927. The number of carboxylic acid groups (broad SMARTS) is 1. The van der Waals surface area contributed by atoms with E-state index in [1.54, 1.807) is 12.1 Å². The van der Waals surface area contributed by atoms with Crippen LogP contribution in [0, 0.1) is 11.3 Å². The molecule has 21 heavy (non-hydrogen) atoms. The van der Waals surface area contributed by atoms with E-state index in [0.29, 0.717) is 23.8 Å². The second-order valence-electron chi connectivity index (χ2n) is 5.93. The molecule has 6 heteroatoms. The van der Waals surface area contributed by atoms with Gasteiger partial charge in [0, 0.05) is 6.54 Å². The average Bonchev–Trinajstić information content (AvgIpc) is 3.19. The summed E-state index contributed by atoms with van der Waals surface area (Å²) in [7, 11) is 0. The van der Waals surface area contributed by atoms with Gasteiger partial charge in [0.05, 0.1) is 24.0 Å². The maximum Gasteiger partial charge on any atom is 0.319 e. The quantitative estimate of drug-likeness (QED) is 0.749. The van der Waals surface area contributed by atoms with E-state index in [1.807, 2.05) is 0 Å². The minimum absolute atomic E-state index is 0.122. The first-order valence-electron chi connectivity index (χ1n) is 7.13. The number of rotatable bonds is 6. The van der Waals surface area contributed by atoms with Crippen molar-refractivity contribution in [3.63, 3.8) is 0 Å². The lowest BCUT2D eigenvalue weighted by Crippen LogP contribution is -2.35. The zero-order valence-electron chi connectivity index (χ0n) is 12.3. The molecule has 0 unspecified atom stereocenters. The van der Waals surface area contributed by atoms with Gasteiger partial charge in [-0.15, -0.1) is 0 Å². The van der Waals surface area contributed by atoms with Crippen molar-refractivity contribution >= 4 is 17.7 Å². The summed E-state index contributed by atoms with van der Waals surface area (Å²) in [6.07, 6.45) is 3.67. The zero-order valence-corrected chi connectivity index (χ0v) is 12.3. The maximum absolute atomic E-state index is 11.8. The lowest BCUT2D eigenvalue weighted by molar-refractivity contribution is -0.136. The molecular formula is C15H21N3O3. The summed E-state index contributed by atoms with van der Waals surface area (Å²) in [5, 5.41) is 14.3. The molecular weight excluding hydrogens is 270 g/mol. The second kappa shape index (κ2) is 6.11. The van der Waals surface area contributed by atoms with E-state index in [0.717, 1.165) is 12.8 Å². The highest BCUT2D eigenvalue weighted by molar-refractivity contribution is 5.89. The van der Waals surface area contributed by atoms with Crippen molar-refractivity contribution in [2.75, 3.05) is 11.9 Å². The fraction of sp³-hybridized carbons (Fsp3) is 0.533. The fourth-order valence-electron chi connectivity index (χ4n) is 2.31. The van der Waals surface area contributed by atoms with Crippen molar-refractivity contribution in [2.45, 2.75) is 33.1 Å². The van der Waals surface area contributed by atoms with Crippen molar-refractivity contribution in [2.24, 2.45) is 11.3 Å². The molecule has 0 saturated heterocycles. The molecule has 0 atom stereocenters. The first-order valence-corrected chi connectivity index (χ1v) is 7.13. The lowest BCUT2D eigenvalue weighted by Gasteiger charge is -2.20. The van der Waals surface area contributed by atoms with Gasteiger partial charge in [-0.2, -0.15) is 0 Å². The van der Waals surface area contributed by atoms with Crippen LogP contribution in [0.4, 0.5) is 10.5 Å². The normalized spacial score (nSPS) is 15.6. The number of hydrogen-bond donors (Lipinski definition) is 3. The molecule has 2 amide bonds. The smallest absolute Gasteiger partial charge is 0.319 e. The van der Waals surface area contributed by atoms with E-state index in [4.69, 9.17) is 5.11 Å². The molecule has 2 rings (SSSR count). The molecule has 0 spiro atoms. The maximum atomic E-state index is 11.8. The van der Waals surface area contributed by atoms with Crippen LogP contribution in [0.3, 0.4) is 0 Å². The van der Waals surface area contributed by atoms with Crippen LogP contribution in [0.25, 0.3) is 0 Å². The van der Waals surface area contributed by atoms with Crippen molar-refractivity contribution in [3.05, 3.63) is 24.0 Å². The molecule has 1 saturated carbocycles. The van der Waals surface area contributed by atoms with E-state index in [9.17, 15) is 9.59 Å². The first kappa shape index (κ1) is 15.3. The molecule has 0 radical (unpaired) electrons. The van der Waals surface area contributed by atoms with Crippen LogP contribution in [0.15, 0.2) is 18.3 Å². The monoisotopic (exact) mass is 291 g/mol. The number of aliphatic carboxylic acids is 1. The van der Waals surface area contributed by atoms with Crippen LogP contribution in [-0.2, 0) is 11.2 Å². The van der Waals surface area contributed by atoms with Crippen LogP contribution < -0.4 is 10.6 Å². The van der Waals surface area contributed by atoms with Gasteiger partial charge in [-0.25, -0.2) is 4.79 Å². The Morgan fingerprint density at radius 3 is 2.57 bits per heavy atom. The van der Waals surface area contributed by atoms with Crippen molar-refractivity contribution in [3.8, 4) is 0 Å². The van der Waals surface area contributed by atoms with Gasteiger partial charge >= 0.3 is 12.0 Å². The predicted molar refractivity (Wildman–Crippen MR) is 79.1 cm³/mol. The Morgan fingerprint density at radius 2 is 2.10 bits per heavy atom. The molecule has 114 valence electrons. The largest absolute Gasteiger partial charge is 0.481 e. The highest BCUT2D eigenvalue weighted by Crippen LogP contribution is 2.51. The summed E-state index contributed by atoms with van der Waals surface area (Å²) in [6, 6.07) is 3.00. The molecule has 1 aromatic rings. The number of carbonyl (C=O) groups is 2. The SMILES string of the molecule is CC(C)C1(CNC(=O)Nc2ccc(CC(=O)O)nc2)CC1. The Hall–Kier alpha value is -2.11. The van der Waals surface area contributed by atoms with Gasteiger partial charge in [-0.1, -0.05) is 13.8 Å². The van der Waals surface area contributed by atoms with E-state index < -0.39 is 5.97 Å². The van der Waals surface area contributed by atoms with Gasteiger partial charge in [0.25, 0.3) is 0 Å². The van der Waals surface area contributed by atoms with Gasteiger partial charge < -0.3 is 15.7 Å². The summed E-state index contributed by atoms with van der Waals surface area (Å²) in [5.74, 6) is -0.362. The number of amides is 2. The van der Waals surface area contributed by atoms with Crippen molar-refractivity contribution < 1.29 is 14.7 Å². The van der Waals surface area contributed by atoms with Gasteiger partial charge in [-0.3, -0.25) is 9.78 Å². The Kier molecular flexibility index (Phi) is 4.45. The Morgan fingerprint density at radius 1 is 1.38 bits per heavy atom. The molecule has 3 N–H and O–H groups in total. The highest BCUT2D eigenvalue weighted by Gasteiger charge is 2.45. The third-order valence-corrected chi connectivity index (χ3v) is 4.13. The summed E-state index contributed by atoms with van der Waals surface area (Å²) < 4.78 is 0. The van der Waals surface area contributed by atoms with E-state index in [1.165, 1.54) is 6.20 Å². The number of aromatic nitrogens is 1. The molecule has 1 fully saturated rings. The number of nitrogens with one attached hydrogen (secondary N) is 2. The topological polar surface area (TPSA) is 91.3 Å². The standard InChI is InChI=1S/C15H21N3O3/c1-10(2)15(5-6-15)9-17-14(21)18-12-4-3-11(16-8-12)7-13(19)20/h3-4,8,10H,5-7,9H2,1-2H3,(H,19,20)(H2,17,18,21). The summed E-state index contributed by atoms with van der Waals surface area (Å²) >= 11 is 0. The summed E-state index contributed by atoms with van der Waals surface area (Å²) in [5.41, 5.74) is 1.28. The molecule has 1 aliphatic carbocycles. The second-order valence-corrected chi connectivity index (χ2v) is 5.93. The number of hydrogen-bond acceptors (Lipinski definition) is 3. The summed E-state index contributed by atoms with van der Waals surface area (Å²) in [4.78, 5) is 26.4. The number of carboxylic acids is 1. The van der Waals surface area contributed by atoms with Crippen LogP contribution >= 0.6 is 0 Å². The Bertz CT molecular complexity index is 521. The van der Waals surface area contributed by atoms with Gasteiger partial charge in [0.15, 0.2) is 0 Å². The third-order valence-electron chi connectivity index (χ3n) is 4.13. The molecule has 6 nitrogen and oxygen atoms in total. The fourth-order valence-corrected chi connectivity index (χ4v) is 2.31. The predicted octanol–water partition coefficient (Wildman–Crippen LogP) is 2.27. The first-order chi connectivity index (χ1) is 9.91. The number of carbonyl (C=O) groups excluding carboxylic acids is 1. The Balaban J connectivity index is 1.81. The molecule has 0 aliphatic heterocycles. The van der Waals surface area contributed by atoms with Crippen molar-refractivity contribution in [1.29, 1.82) is 0 Å². The van der Waals surface area contributed by atoms with E-state index in [2.05, 4.69) is 29.5 Å². The van der Waals surface area contributed by atoms with Crippen LogP contribution in [0.2, 0.25) is 0 Å². The van der Waals surface area contributed by atoms with E-state index in [-0.39, 0.29) is 17.9 Å². The zero-order chi connectivity index (χ0) is 15.5. The van der Waals surface area contributed by atoms with Gasteiger partial charge in [0.1, 0.15) is 0 Å². The summed E-state index contributed by atoms with van der Waals surface area (Å²) in [6.45, 7) is 5.04. The third kappa shape index (κ3) is 4.18. The molecule has 0 aromatic carbocycles. The van der Waals surface area contributed by atoms with Crippen LogP contribution in [0.1, 0.15) is 32.4 Å². The van der Waals surface area contributed by atoms with Gasteiger partial charge in [0.2, 0.25) is 0 Å². The molecule has 1 heterocycles. The van der Waals surface area contributed by atoms with Crippen LogP contribution in [-0.4, -0.2) is 28.6 Å². The number of urea groups is 1. The number of anilines is 1. The minimum Gasteiger partial charge on any atom is -0.481 e. The molecule has 1 aliphatic rings. The van der Waals surface area contributed by atoms with Gasteiger partial charge in [-0.05, 0) is 36.3 Å². The number of pyridine rings is 1. The lowest BCUT2D eigenvalue weighted by atomic mass is 9.92. The Labute approximate surface area is 124 Å². The van der Waals surface area contributed by atoms with Crippen molar-refractivity contribution in [1.82, 2.24) is 10.3 Å². The van der Waals surface area contributed by atoms with E-state index >= 15 is 0 Å². The molecule has 1 aromatic heterocycles. The number of nitrogens with zero attached hydrogens (tertiary/aromatic N) is 1. The highest BCUT2D eigenvalue weighted by atomic mass is 16.4.